The van der Waals surface area contributed by atoms with E-state index in [-0.39, 0.29) is 12.2 Å². The lowest BCUT2D eigenvalue weighted by Crippen LogP contribution is -2.03. The number of epoxide rings is 1. The Bertz CT molecular complexity index is 562. The van der Waals surface area contributed by atoms with Crippen LogP contribution < -0.4 is 0 Å². The second-order valence-corrected chi connectivity index (χ2v) is 5.58. The fourth-order valence-electron chi connectivity index (χ4n) is 1.87. The minimum absolute atomic E-state index is 0.0779. The first kappa shape index (κ1) is 11.9. The predicted octanol–water partition coefficient (Wildman–Crippen LogP) is 4.85. The van der Waals surface area contributed by atoms with Crippen LogP contribution in [-0.2, 0) is 4.74 Å². The van der Waals surface area contributed by atoms with E-state index in [1.807, 2.05) is 0 Å². The summed E-state index contributed by atoms with van der Waals surface area (Å²) >= 11 is 24.4. The molecule has 1 fully saturated rings. The Hall–Kier alpha value is -0.180. The van der Waals surface area contributed by atoms with E-state index in [4.69, 9.17) is 51.1 Å². The Kier molecular flexibility index (Phi) is 2.92. The van der Waals surface area contributed by atoms with E-state index >= 15 is 0 Å². The molecule has 1 aromatic rings. The van der Waals surface area contributed by atoms with Gasteiger partial charge in [-0.25, -0.2) is 0 Å². The van der Waals surface area contributed by atoms with Crippen molar-refractivity contribution >= 4 is 52.0 Å². The van der Waals surface area contributed by atoms with Crippen LogP contribution in [0.5, 0.6) is 0 Å². The molecule has 1 heterocycles. The number of benzene rings is 1. The third-order valence-electron chi connectivity index (χ3n) is 2.77. The highest BCUT2D eigenvalue weighted by Gasteiger charge is 2.47. The van der Waals surface area contributed by atoms with Crippen molar-refractivity contribution in [2.75, 3.05) is 0 Å². The first-order chi connectivity index (χ1) is 8.08. The zero-order chi connectivity index (χ0) is 12.2. The highest BCUT2D eigenvalue weighted by atomic mass is 35.5. The van der Waals surface area contributed by atoms with Crippen LogP contribution in [0.15, 0.2) is 34.3 Å². The van der Waals surface area contributed by atoms with Gasteiger partial charge in [0.2, 0.25) is 0 Å². The van der Waals surface area contributed by atoms with Crippen molar-refractivity contribution in [3.05, 3.63) is 49.9 Å². The lowest BCUT2D eigenvalue weighted by Gasteiger charge is -2.12. The lowest BCUT2D eigenvalue weighted by molar-refractivity contribution is 0.410. The van der Waals surface area contributed by atoms with Crippen LogP contribution in [0.1, 0.15) is 5.56 Å². The van der Waals surface area contributed by atoms with Gasteiger partial charge >= 0.3 is 0 Å². The Balaban J connectivity index is 2.15. The van der Waals surface area contributed by atoms with Crippen molar-refractivity contribution in [3.8, 4) is 0 Å². The largest absolute Gasteiger partial charge is 0.357 e. The van der Waals surface area contributed by atoms with Crippen LogP contribution in [0.2, 0.25) is 10.0 Å². The molecule has 2 aliphatic rings. The molecule has 0 spiro atoms. The Labute approximate surface area is 119 Å². The molecule has 5 heteroatoms. The maximum atomic E-state index is 6.25. The average Bonchev–Trinajstić information content (AvgIpc) is 3.08. The summed E-state index contributed by atoms with van der Waals surface area (Å²) in [5, 5.41) is 2.46. The van der Waals surface area contributed by atoms with Gasteiger partial charge in [-0.2, -0.15) is 0 Å². The molecule has 0 aromatic heterocycles. The molecule has 0 saturated carbocycles. The van der Waals surface area contributed by atoms with E-state index in [1.54, 1.807) is 24.3 Å². The van der Waals surface area contributed by atoms with Gasteiger partial charge in [0.05, 0.1) is 10.1 Å². The number of rotatable bonds is 1. The molecule has 3 rings (SSSR count). The third-order valence-corrected chi connectivity index (χ3v) is 4.08. The first-order valence-electron chi connectivity index (χ1n) is 4.95. The molecule has 2 unspecified atom stereocenters. The van der Waals surface area contributed by atoms with Crippen molar-refractivity contribution in [3.63, 3.8) is 0 Å². The van der Waals surface area contributed by atoms with E-state index in [1.165, 1.54) is 0 Å². The van der Waals surface area contributed by atoms with Crippen LogP contribution >= 0.6 is 46.4 Å². The summed E-state index contributed by atoms with van der Waals surface area (Å²) in [6.07, 6.45) is 1.58. The summed E-state index contributed by atoms with van der Waals surface area (Å²) in [5.41, 5.74) is 1.55. The Morgan fingerprint density at radius 1 is 1.00 bits per heavy atom. The maximum absolute atomic E-state index is 6.25. The summed E-state index contributed by atoms with van der Waals surface area (Å²) in [6, 6.07) is 5.23. The second kappa shape index (κ2) is 4.18. The summed E-state index contributed by atoms with van der Waals surface area (Å²) < 4.78 is 5.36. The van der Waals surface area contributed by atoms with Crippen molar-refractivity contribution in [1.82, 2.24) is 0 Å². The van der Waals surface area contributed by atoms with Crippen molar-refractivity contribution in [1.29, 1.82) is 0 Å². The van der Waals surface area contributed by atoms with Gasteiger partial charge in [0.15, 0.2) is 0 Å². The highest BCUT2D eigenvalue weighted by Crippen LogP contribution is 2.47. The van der Waals surface area contributed by atoms with Crippen LogP contribution in [0.25, 0.3) is 5.57 Å². The highest BCUT2D eigenvalue weighted by molar-refractivity contribution is 6.39. The third kappa shape index (κ3) is 2.00. The zero-order valence-corrected chi connectivity index (χ0v) is 11.4. The number of halogens is 4. The molecule has 1 saturated heterocycles. The van der Waals surface area contributed by atoms with Gasteiger partial charge in [-0.1, -0.05) is 46.4 Å². The van der Waals surface area contributed by atoms with Crippen molar-refractivity contribution in [2.45, 2.75) is 12.2 Å². The molecular formula is C12H6Cl4O. The van der Waals surface area contributed by atoms with Gasteiger partial charge in [0, 0.05) is 21.2 Å². The molecule has 17 heavy (non-hydrogen) atoms. The predicted molar refractivity (Wildman–Crippen MR) is 71.8 cm³/mol. The quantitative estimate of drug-likeness (QED) is 0.676. The van der Waals surface area contributed by atoms with Gasteiger partial charge in [-0.3, -0.25) is 0 Å². The summed E-state index contributed by atoms with van der Waals surface area (Å²) in [7, 11) is 0. The zero-order valence-electron chi connectivity index (χ0n) is 8.38. The average molecular weight is 308 g/mol. The number of ether oxygens (including phenoxy) is 1. The summed E-state index contributed by atoms with van der Waals surface area (Å²) in [4.78, 5) is 0. The molecule has 1 aliphatic carbocycles. The van der Waals surface area contributed by atoms with Crippen LogP contribution in [0.4, 0.5) is 0 Å². The van der Waals surface area contributed by atoms with Gasteiger partial charge in [0.25, 0.3) is 0 Å². The molecule has 1 nitrogen and oxygen atoms in total. The van der Waals surface area contributed by atoms with Gasteiger partial charge in [-0.15, -0.1) is 0 Å². The maximum Gasteiger partial charge on any atom is 0.126 e. The molecule has 2 atom stereocenters. The minimum Gasteiger partial charge on any atom is -0.357 e. The topological polar surface area (TPSA) is 12.5 Å². The fraction of sp³-hybridized carbons (Fsp3) is 0.167. The van der Waals surface area contributed by atoms with Gasteiger partial charge in [-0.05, 0) is 24.3 Å². The number of fused-ring (bicyclic) bond motifs is 1. The number of hydrogen-bond acceptors (Lipinski definition) is 1. The SMILES string of the molecule is ClC1=CC(c2cc(Cl)ccc2Cl)=C(Cl)C2OC12. The molecule has 0 N–H and O–H groups in total. The lowest BCUT2D eigenvalue weighted by atomic mass is 9.99. The van der Waals surface area contributed by atoms with E-state index in [2.05, 4.69) is 0 Å². The van der Waals surface area contributed by atoms with E-state index < -0.39 is 0 Å². The minimum atomic E-state index is -0.126. The number of hydrogen-bond donors (Lipinski definition) is 0. The van der Waals surface area contributed by atoms with Crippen LogP contribution in [0, 0.1) is 0 Å². The fourth-order valence-corrected chi connectivity index (χ4v) is 2.86. The molecular weight excluding hydrogens is 302 g/mol. The molecule has 1 aromatic carbocycles. The van der Waals surface area contributed by atoms with Crippen LogP contribution in [-0.4, -0.2) is 12.2 Å². The van der Waals surface area contributed by atoms with Crippen molar-refractivity contribution < 1.29 is 4.74 Å². The smallest absolute Gasteiger partial charge is 0.126 e. The number of allylic oxidation sites excluding steroid dienone is 2. The normalized spacial score (nSPS) is 26.7. The summed E-state index contributed by atoms with van der Waals surface area (Å²) in [5.74, 6) is 0. The summed E-state index contributed by atoms with van der Waals surface area (Å²) in [6.45, 7) is 0. The van der Waals surface area contributed by atoms with Crippen LogP contribution in [0.3, 0.4) is 0 Å². The van der Waals surface area contributed by atoms with E-state index in [0.717, 1.165) is 11.1 Å². The van der Waals surface area contributed by atoms with Crippen molar-refractivity contribution in [2.24, 2.45) is 0 Å². The van der Waals surface area contributed by atoms with Gasteiger partial charge in [0.1, 0.15) is 12.2 Å². The monoisotopic (exact) mass is 306 g/mol. The molecule has 88 valence electrons. The Morgan fingerprint density at radius 2 is 1.76 bits per heavy atom. The Morgan fingerprint density at radius 3 is 2.53 bits per heavy atom. The molecule has 0 amide bonds. The second-order valence-electron chi connectivity index (χ2n) is 3.89. The van der Waals surface area contributed by atoms with E-state index in [0.29, 0.717) is 20.1 Å². The van der Waals surface area contributed by atoms with Gasteiger partial charge < -0.3 is 4.74 Å². The molecule has 0 bridgehead atoms. The standard InChI is InChI=1S/C12H6Cl4O/c13-5-1-2-8(14)6(3-5)7-4-9(15)11-12(17-11)10(7)16/h1-4,11-12H. The van der Waals surface area contributed by atoms with E-state index in [9.17, 15) is 0 Å². The first-order valence-corrected chi connectivity index (χ1v) is 6.47. The molecule has 0 radical (unpaired) electrons. The molecule has 1 aliphatic heterocycles.